The highest BCUT2D eigenvalue weighted by Crippen LogP contribution is 2.29. The highest BCUT2D eigenvalue weighted by Gasteiger charge is 2.21. The van der Waals surface area contributed by atoms with Crippen LogP contribution in [0.25, 0.3) is 10.8 Å². The van der Waals surface area contributed by atoms with Crippen LogP contribution in [0, 0.1) is 5.92 Å². The first kappa shape index (κ1) is 18.5. The SMILES string of the molecule is CC(C)Cn1c(SCc2csc(-c3ccco3)n2)nnc1N1CCOCC1. The van der Waals surface area contributed by atoms with Gasteiger partial charge in [0.1, 0.15) is 0 Å². The van der Waals surface area contributed by atoms with Gasteiger partial charge in [0.25, 0.3) is 0 Å². The Morgan fingerprint density at radius 2 is 2.11 bits per heavy atom. The molecule has 0 unspecified atom stereocenters. The summed E-state index contributed by atoms with van der Waals surface area (Å²) in [5, 5.41) is 12.9. The standard InChI is InChI=1S/C18H23N5O2S2/c1-13(2)10-23-17(22-5-8-24-9-6-22)20-21-18(23)27-12-14-11-26-16(19-14)15-4-3-7-25-15/h3-4,7,11,13H,5-6,8-10,12H2,1-2H3. The summed E-state index contributed by atoms with van der Waals surface area (Å²) in [5.74, 6) is 3.04. The van der Waals surface area contributed by atoms with Crippen LogP contribution < -0.4 is 4.90 Å². The van der Waals surface area contributed by atoms with Crippen LogP contribution in [0.4, 0.5) is 5.95 Å². The lowest BCUT2D eigenvalue weighted by atomic mass is 10.2. The van der Waals surface area contributed by atoms with Crippen LogP contribution in [0.2, 0.25) is 0 Å². The molecule has 1 aliphatic rings. The van der Waals surface area contributed by atoms with Gasteiger partial charge in [-0.15, -0.1) is 21.5 Å². The molecule has 1 saturated heterocycles. The van der Waals surface area contributed by atoms with Crippen LogP contribution in [0.5, 0.6) is 0 Å². The summed E-state index contributed by atoms with van der Waals surface area (Å²) in [6.45, 7) is 8.54. The fourth-order valence-electron chi connectivity index (χ4n) is 2.94. The van der Waals surface area contributed by atoms with Gasteiger partial charge in [-0.1, -0.05) is 25.6 Å². The second-order valence-electron chi connectivity index (χ2n) is 6.80. The van der Waals surface area contributed by atoms with Crippen LogP contribution in [0.15, 0.2) is 33.3 Å². The number of rotatable bonds is 7. The second kappa shape index (κ2) is 8.45. The van der Waals surface area contributed by atoms with Crippen molar-refractivity contribution < 1.29 is 9.15 Å². The molecule has 0 N–H and O–H groups in total. The lowest BCUT2D eigenvalue weighted by Gasteiger charge is -2.28. The largest absolute Gasteiger partial charge is 0.462 e. The molecule has 0 bridgehead atoms. The smallest absolute Gasteiger partial charge is 0.228 e. The van der Waals surface area contributed by atoms with Crippen molar-refractivity contribution in [2.75, 3.05) is 31.2 Å². The van der Waals surface area contributed by atoms with E-state index in [1.807, 2.05) is 12.1 Å². The number of thiazole rings is 1. The zero-order chi connectivity index (χ0) is 18.6. The van der Waals surface area contributed by atoms with Crippen LogP contribution >= 0.6 is 23.1 Å². The molecule has 1 aliphatic heterocycles. The maximum Gasteiger partial charge on any atom is 0.228 e. The molecule has 1 fully saturated rings. The van der Waals surface area contributed by atoms with E-state index in [0.717, 1.165) is 66.2 Å². The summed E-state index contributed by atoms with van der Waals surface area (Å²) in [5.41, 5.74) is 1.03. The van der Waals surface area contributed by atoms with Crippen molar-refractivity contribution in [2.45, 2.75) is 31.3 Å². The summed E-state index contributed by atoms with van der Waals surface area (Å²) in [7, 11) is 0. The fourth-order valence-corrected chi connectivity index (χ4v) is 4.66. The van der Waals surface area contributed by atoms with E-state index in [0.29, 0.717) is 5.92 Å². The van der Waals surface area contributed by atoms with E-state index in [2.05, 4.69) is 43.9 Å². The third-order valence-corrected chi connectivity index (χ3v) is 6.08. The van der Waals surface area contributed by atoms with Gasteiger partial charge in [0.05, 0.1) is 25.2 Å². The van der Waals surface area contributed by atoms with Crippen LogP contribution in [0.1, 0.15) is 19.5 Å². The minimum absolute atomic E-state index is 0.518. The molecule has 3 aromatic rings. The van der Waals surface area contributed by atoms with Crippen molar-refractivity contribution in [3.63, 3.8) is 0 Å². The van der Waals surface area contributed by atoms with E-state index >= 15 is 0 Å². The van der Waals surface area contributed by atoms with E-state index in [-0.39, 0.29) is 0 Å². The highest BCUT2D eigenvalue weighted by atomic mass is 32.2. The fraction of sp³-hybridized carbons (Fsp3) is 0.500. The first-order chi connectivity index (χ1) is 13.2. The zero-order valence-corrected chi connectivity index (χ0v) is 17.1. The predicted octanol–water partition coefficient (Wildman–Crippen LogP) is 3.78. The summed E-state index contributed by atoms with van der Waals surface area (Å²) in [6.07, 6.45) is 1.67. The van der Waals surface area contributed by atoms with Crippen molar-refractivity contribution in [1.82, 2.24) is 19.7 Å². The van der Waals surface area contributed by atoms with Crippen molar-refractivity contribution in [3.05, 3.63) is 29.5 Å². The summed E-state index contributed by atoms with van der Waals surface area (Å²) >= 11 is 3.28. The summed E-state index contributed by atoms with van der Waals surface area (Å²) in [6, 6.07) is 3.82. The Balaban J connectivity index is 1.48. The maximum absolute atomic E-state index is 5.47. The molecule has 0 aliphatic carbocycles. The van der Waals surface area contributed by atoms with Crippen molar-refractivity contribution >= 4 is 29.0 Å². The third-order valence-electron chi connectivity index (χ3n) is 4.17. The van der Waals surface area contributed by atoms with E-state index in [4.69, 9.17) is 9.15 Å². The Bertz CT molecular complexity index is 853. The van der Waals surface area contributed by atoms with Gasteiger partial charge >= 0.3 is 0 Å². The quantitative estimate of drug-likeness (QED) is 0.554. The molecule has 144 valence electrons. The molecule has 3 aromatic heterocycles. The number of anilines is 1. The number of ether oxygens (including phenoxy) is 1. The number of aromatic nitrogens is 4. The Kier molecular flexibility index (Phi) is 5.80. The van der Waals surface area contributed by atoms with Gasteiger partial charge in [-0.25, -0.2) is 4.98 Å². The number of furan rings is 1. The number of hydrogen-bond donors (Lipinski definition) is 0. The number of nitrogens with zero attached hydrogens (tertiary/aromatic N) is 5. The van der Waals surface area contributed by atoms with Crippen LogP contribution in [0.3, 0.4) is 0 Å². The minimum Gasteiger partial charge on any atom is -0.462 e. The third kappa shape index (κ3) is 4.36. The topological polar surface area (TPSA) is 69.2 Å². The molecule has 0 spiro atoms. The average Bonchev–Trinajstić information content (AvgIpc) is 3.41. The van der Waals surface area contributed by atoms with Gasteiger partial charge < -0.3 is 14.1 Å². The second-order valence-corrected chi connectivity index (χ2v) is 8.60. The van der Waals surface area contributed by atoms with E-state index in [9.17, 15) is 0 Å². The first-order valence-corrected chi connectivity index (χ1v) is 10.9. The van der Waals surface area contributed by atoms with Gasteiger partial charge in [-0.05, 0) is 18.1 Å². The van der Waals surface area contributed by atoms with Crippen molar-refractivity contribution in [2.24, 2.45) is 5.92 Å². The summed E-state index contributed by atoms with van der Waals surface area (Å²) < 4.78 is 13.1. The van der Waals surface area contributed by atoms with Gasteiger partial charge in [0.15, 0.2) is 15.9 Å². The molecule has 0 aromatic carbocycles. The number of hydrogen-bond acceptors (Lipinski definition) is 8. The number of morpholine rings is 1. The molecule has 0 radical (unpaired) electrons. The number of thioether (sulfide) groups is 1. The molecular formula is C18H23N5O2S2. The van der Waals surface area contributed by atoms with Gasteiger partial charge in [0.2, 0.25) is 5.95 Å². The molecule has 4 rings (SSSR count). The molecule has 0 amide bonds. The Hall–Kier alpha value is -1.84. The normalized spacial score (nSPS) is 15.0. The molecule has 9 heteroatoms. The Labute approximate surface area is 166 Å². The van der Waals surface area contributed by atoms with E-state index in [1.54, 1.807) is 29.4 Å². The zero-order valence-electron chi connectivity index (χ0n) is 15.5. The molecule has 27 heavy (non-hydrogen) atoms. The Morgan fingerprint density at radius 1 is 1.26 bits per heavy atom. The molecule has 4 heterocycles. The van der Waals surface area contributed by atoms with E-state index in [1.165, 1.54) is 0 Å². The van der Waals surface area contributed by atoms with Crippen molar-refractivity contribution in [1.29, 1.82) is 0 Å². The lowest BCUT2D eigenvalue weighted by molar-refractivity contribution is 0.121. The van der Waals surface area contributed by atoms with Gasteiger partial charge in [0, 0.05) is 30.8 Å². The maximum atomic E-state index is 5.47. The van der Waals surface area contributed by atoms with Crippen LogP contribution in [-0.4, -0.2) is 46.1 Å². The lowest BCUT2D eigenvalue weighted by Crippen LogP contribution is -2.38. The van der Waals surface area contributed by atoms with Crippen LogP contribution in [-0.2, 0) is 17.0 Å². The molecule has 0 saturated carbocycles. The minimum atomic E-state index is 0.518. The highest BCUT2D eigenvalue weighted by molar-refractivity contribution is 7.98. The van der Waals surface area contributed by atoms with E-state index < -0.39 is 0 Å². The van der Waals surface area contributed by atoms with Crippen molar-refractivity contribution in [3.8, 4) is 10.8 Å². The monoisotopic (exact) mass is 405 g/mol. The predicted molar refractivity (Wildman–Crippen MR) is 107 cm³/mol. The molecule has 7 nitrogen and oxygen atoms in total. The average molecular weight is 406 g/mol. The molecule has 0 atom stereocenters. The van der Waals surface area contributed by atoms with Gasteiger partial charge in [-0.2, -0.15) is 0 Å². The summed E-state index contributed by atoms with van der Waals surface area (Å²) in [4.78, 5) is 6.94. The first-order valence-electron chi connectivity index (χ1n) is 9.07. The van der Waals surface area contributed by atoms with Gasteiger partial charge in [-0.3, -0.25) is 4.57 Å². The Morgan fingerprint density at radius 3 is 2.85 bits per heavy atom. The molecular weight excluding hydrogens is 382 g/mol.